The summed E-state index contributed by atoms with van der Waals surface area (Å²) in [6.45, 7) is 0.506. The Morgan fingerprint density at radius 3 is 2.27 bits per heavy atom. The van der Waals surface area contributed by atoms with Gasteiger partial charge >= 0.3 is 0 Å². The third-order valence-corrected chi connectivity index (χ3v) is 4.70. The second-order valence-electron chi connectivity index (χ2n) is 5.57. The zero-order valence-corrected chi connectivity index (χ0v) is 14.6. The van der Waals surface area contributed by atoms with Crippen LogP contribution in [0.15, 0.2) is 75.8 Å². The van der Waals surface area contributed by atoms with Crippen LogP contribution in [0.2, 0.25) is 0 Å². The van der Waals surface area contributed by atoms with Gasteiger partial charge in [0.25, 0.3) is 0 Å². The summed E-state index contributed by atoms with van der Waals surface area (Å²) >= 11 is 0. The fourth-order valence-electron chi connectivity index (χ4n) is 2.53. The number of anilines is 1. The number of sulfonamides is 1. The van der Waals surface area contributed by atoms with Crippen LogP contribution in [-0.2, 0) is 10.0 Å². The van der Waals surface area contributed by atoms with Gasteiger partial charge < -0.3 is 10.4 Å². The maximum atomic E-state index is 11.3. The number of aliphatic hydroxyl groups excluding tert-OH is 1. The Morgan fingerprint density at radius 2 is 1.62 bits per heavy atom. The zero-order chi connectivity index (χ0) is 18.6. The molecule has 0 aromatic heterocycles. The van der Waals surface area contributed by atoms with Gasteiger partial charge in [-0.2, -0.15) is 5.11 Å². The predicted octanol–water partition coefficient (Wildman–Crippen LogP) is 3.31. The number of azo groups is 1. The summed E-state index contributed by atoms with van der Waals surface area (Å²) in [5.74, 6) is 0. The van der Waals surface area contributed by atoms with E-state index in [1.807, 2.05) is 36.4 Å². The van der Waals surface area contributed by atoms with Crippen molar-refractivity contribution >= 4 is 37.9 Å². The number of primary sulfonamides is 1. The Balaban J connectivity index is 1.92. The van der Waals surface area contributed by atoms with E-state index in [0.29, 0.717) is 17.9 Å². The van der Waals surface area contributed by atoms with Crippen molar-refractivity contribution in [3.8, 4) is 0 Å². The molecule has 0 amide bonds. The minimum atomic E-state index is -3.73. The quantitative estimate of drug-likeness (QED) is 0.577. The Labute approximate surface area is 151 Å². The highest BCUT2D eigenvalue weighted by Gasteiger charge is 2.07. The average molecular weight is 370 g/mol. The van der Waals surface area contributed by atoms with Crippen LogP contribution in [0, 0.1) is 0 Å². The normalized spacial score (nSPS) is 11.9. The Morgan fingerprint density at radius 1 is 0.923 bits per heavy atom. The van der Waals surface area contributed by atoms with E-state index in [0.717, 1.165) is 16.5 Å². The lowest BCUT2D eigenvalue weighted by Gasteiger charge is -2.10. The molecule has 0 radical (unpaired) electrons. The summed E-state index contributed by atoms with van der Waals surface area (Å²) < 4.78 is 22.6. The third kappa shape index (κ3) is 4.05. The molecule has 0 atom stereocenters. The van der Waals surface area contributed by atoms with Crippen molar-refractivity contribution in [2.75, 3.05) is 18.5 Å². The molecule has 3 rings (SSSR count). The van der Waals surface area contributed by atoms with Gasteiger partial charge in [-0.1, -0.05) is 24.3 Å². The number of nitrogens with zero attached hydrogens (tertiary/aromatic N) is 2. The number of nitrogens with two attached hydrogens (primary N) is 1. The first-order valence-corrected chi connectivity index (χ1v) is 9.45. The van der Waals surface area contributed by atoms with Crippen LogP contribution in [0.25, 0.3) is 10.8 Å². The van der Waals surface area contributed by atoms with E-state index in [-0.39, 0.29) is 11.5 Å². The highest BCUT2D eigenvalue weighted by atomic mass is 32.2. The molecule has 0 fully saturated rings. The van der Waals surface area contributed by atoms with E-state index in [1.54, 1.807) is 12.1 Å². The molecule has 3 aromatic carbocycles. The van der Waals surface area contributed by atoms with Crippen LogP contribution in [-0.4, -0.2) is 26.7 Å². The number of rotatable bonds is 6. The number of hydrogen-bond donors (Lipinski definition) is 3. The maximum absolute atomic E-state index is 11.3. The van der Waals surface area contributed by atoms with Gasteiger partial charge in [0.2, 0.25) is 10.0 Å². The standard InChI is InChI=1S/C18H18N4O3S/c19-26(24,25)14-7-5-13(6-8-14)21-22-18-10-9-17(20-11-12-23)15-3-1-2-4-16(15)18/h1-10,20,23H,11-12H2,(H2,19,24,25). The number of hydrogen-bond acceptors (Lipinski definition) is 6. The molecular formula is C18H18N4O3S. The minimum Gasteiger partial charge on any atom is -0.395 e. The van der Waals surface area contributed by atoms with Crippen LogP contribution >= 0.6 is 0 Å². The lowest BCUT2D eigenvalue weighted by Crippen LogP contribution is -2.11. The van der Waals surface area contributed by atoms with Gasteiger partial charge in [-0.3, -0.25) is 0 Å². The van der Waals surface area contributed by atoms with E-state index in [2.05, 4.69) is 15.5 Å². The highest BCUT2D eigenvalue weighted by Crippen LogP contribution is 2.32. The zero-order valence-electron chi connectivity index (χ0n) is 13.8. The van der Waals surface area contributed by atoms with E-state index < -0.39 is 10.0 Å². The first-order valence-electron chi connectivity index (χ1n) is 7.90. The second kappa shape index (κ2) is 7.61. The molecule has 0 bridgehead atoms. The number of benzene rings is 3. The Kier molecular flexibility index (Phi) is 5.27. The molecule has 3 aromatic rings. The molecule has 0 unspecified atom stereocenters. The van der Waals surface area contributed by atoms with Crippen molar-refractivity contribution < 1.29 is 13.5 Å². The summed E-state index contributed by atoms with van der Waals surface area (Å²) in [6.07, 6.45) is 0. The van der Waals surface area contributed by atoms with Crippen LogP contribution in [0.1, 0.15) is 0 Å². The van der Waals surface area contributed by atoms with Crippen LogP contribution < -0.4 is 10.5 Å². The molecule has 4 N–H and O–H groups in total. The molecule has 0 aliphatic rings. The molecular weight excluding hydrogens is 352 g/mol. The van der Waals surface area contributed by atoms with Gasteiger partial charge in [-0.05, 0) is 36.4 Å². The summed E-state index contributed by atoms with van der Waals surface area (Å²) in [4.78, 5) is 0.0289. The van der Waals surface area contributed by atoms with Gasteiger partial charge in [0, 0.05) is 23.0 Å². The Hall–Kier alpha value is -2.81. The van der Waals surface area contributed by atoms with E-state index in [1.165, 1.54) is 12.1 Å². The van der Waals surface area contributed by atoms with Crippen molar-refractivity contribution in [1.82, 2.24) is 0 Å². The topological polar surface area (TPSA) is 117 Å². The highest BCUT2D eigenvalue weighted by molar-refractivity contribution is 7.89. The van der Waals surface area contributed by atoms with Gasteiger partial charge in [-0.25, -0.2) is 13.6 Å². The second-order valence-corrected chi connectivity index (χ2v) is 7.13. The fraction of sp³-hybridized carbons (Fsp3) is 0.111. The summed E-state index contributed by atoms with van der Waals surface area (Å²) in [5, 5.41) is 27.6. The lowest BCUT2D eigenvalue weighted by molar-refractivity contribution is 0.311. The van der Waals surface area contributed by atoms with Crippen molar-refractivity contribution in [2.24, 2.45) is 15.4 Å². The van der Waals surface area contributed by atoms with Gasteiger partial charge in [0.15, 0.2) is 0 Å². The average Bonchev–Trinajstić information content (AvgIpc) is 2.64. The molecule has 0 aliphatic carbocycles. The first-order chi connectivity index (χ1) is 12.5. The predicted molar refractivity (Wildman–Crippen MR) is 102 cm³/mol. The van der Waals surface area contributed by atoms with E-state index >= 15 is 0 Å². The lowest BCUT2D eigenvalue weighted by atomic mass is 10.1. The molecule has 0 saturated heterocycles. The molecule has 26 heavy (non-hydrogen) atoms. The molecule has 7 nitrogen and oxygen atoms in total. The smallest absolute Gasteiger partial charge is 0.238 e. The van der Waals surface area contributed by atoms with E-state index in [9.17, 15) is 8.42 Å². The molecule has 8 heteroatoms. The number of fused-ring (bicyclic) bond motifs is 1. The maximum Gasteiger partial charge on any atom is 0.238 e. The van der Waals surface area contributed by atoms with Crippen molar-refractivity contribution in [3.05, 3.63) is 60.7 Å². The summed E-state index contributed by atoms with van der Waals surface area (Å²) in [6, 6.07) is 17.4. The number of nitrogens with one attached hydrogen (secondary N) is 1. The van der Waals surface area contributed by atoms with Gasteiger partial charge in [0.05, 0.1) is 22.9 Å². The minimum absolute atomic E-state index is 0.0289. The fourth-order valence-corrected chi connectivity index (χ4v) is 3.04. The van der Waals surface area contributed by atoms with Crippen LogP contribution in [0.4, 0.5) is 17.1 Å². The largest absolute Gasteiger partial charge is 0.395 e. The summed E-state index contributed by atoms with van der Waals surface area (Å²) in [7, 11) is -3.73. The SMILES string of the molecule is NS(=O)(=O)c1ccc(N=Nc2ccc(NCCO)c3ccccc23)cc1. The molecule has 0 aliphatic heterocycles. The molecule has 0 saturated carbocycles. The van der Waals surface area contributed by atoms with E-state index in [4.69, 9.17) is 10.2 Å². The summed E-state index contributed by atoms with van der Waals surface area (Å²) in [5.41, 5.74) is 2.11. The first kappa shape index (κ1) is 18.0. The van der Waals surface area contributed by atoms with Crippen molar-refractivity contribution in [3.63, 3.8) is 0 Å². The molecule has 134 valence electrons. The third-order valence-electron chi connectivity index (χ3n) is 3.77. The van der Waals surface area contributed by atoms with Crippen LogP contribution in [0.3, 0.4) is 0 Å². The molecule has 0 heterocycles. The number of aliphatic hydroxyl groups is 1. The van der Waals surface area contributed by atoms with Crippen molar-refractivity contribution in [2.45, 2.75) is 4.90 Å². The molecule has 0 spiro atoms. The van der Waals surface area contributed by atoms with Crippen LogP contribution in [0.5, 0.6) is 0 Å². The van der Waals surface area contributed by atoms with Gasteiger partial charge in [0.1, 0.15) is 0 Å². The van der Waals surface area contributed by atoms with Crippen molar-refractivity contribution in [1.29, 1.82) is 0 Å². The monoisotopic (exact) mass is 370 g/mol. The van der Waals surface area contributed by atoms with Gasteiger partial charge in [-0.15, -0.1) is 5.11 Å². The Bertz CT molecular complexity index is 1050.